The summed E-state index contributed by atoms with van der Waals surface area (Å²) in [6, 6.07) is 5.71. The van der Waals surface area contributed by atoms with E-state index in [1.54, 1.807) is 19.2 Å². The van der Waals surface area contributed by atoms with Crippen LogP contribution in [0.3, 0.4) is 0 Å². The Morgan fingerprint density at radius 2 is 2.00 bits per heavy atom. The van der Waals surface area contributed by atoms with Gasteiger partial charge in [0, 0.05) is 28.8 Å². The lowest BCUT2D eigenvalue weighted by molar-refractivity contribution is -0.115. The molecular formula is C13H16N2O6P+. The molecule has 0 aliphatic heterocycles. The lowest BCUT2D eigenvalue weighted by atomic mass is 10.1. The minimum absolute atomic E-state index is 0.133. The molecule has 9 heteroatoms. The Morgan fingerprint density at radius 3 is 2.64 bits per heavy atom. The largest absolute Gasteiger partial charge is 0.423 e. The van der Waals surface area contributed by atoms with Gasteiger partial charge in [-0.1, -0.05) is 0 Å². The first-order chi connectivity index (χ1) is 10.3. The van der Waals surface area contributed by atoms with Gasteiger partial charge in [0.25, 0.3) is 0 Å². The topological polar surface area (TPSA) is 132 Å². The Labute approximate surface area is 126 Å². The second-order valence-corrected chi connectivity index (χ2v) is 6.43. The van der Waals surface area contributed by atoms with Gasteiger partial charge in [-0.25, -0.2) is 4.79 Å². The molecule has 0 aliphatic rings. The van der Waals surface area contributed by atoms with E-state index in [0.717, 1.165) is 6.07 Å². The minimum Gasteiger partial charge on any atom is -0.423 e. The Bertz CT molecular complexity index is 752. The summed E-state index contributed by atoms with van der Waals surface area (Å²) in [5.74, 6) is -0.258. The van der Waals surface area contributed by atoms with Crippen LogP contribution in [0.4, 0.5) is 5.69 Å². The van der Waals surface area contributed by atoms with E-state index in [2.05, 4.69) is 10.6 Å². The summed E-state index contributed by atoms with van der Waals surface area (Å²) in [4.78, 5) is 50.6. The van der Waals surface area contributed by atoms with Crippen molar-refractivity contribution in [2.45, 2.75) is 6.16 Å². The maximum absolute atomic E-state index is 11.5. The average molecular weight is 327 g/mol. The van der Waals surface area contributed by atoms with Gasteiger partial charge < -0.3 is 15.1 Å². The molecule has 0 unspecified atom stereocenters. The van der Waals surface area contributed by atoms with Crippen molar-refractivity contribution in [1.82, 2.24) is 5.32 Å². The zero-order valence-electron chi connectivity index (χ0n) is 11.7. The van der Waals surface area contributed by atoms with E-state index in [0.29, 0.717) is 11.1 Å². The van der Waals surface area contributed by atoms with Crippen LogP contribution in [0.5, 0.6) is 0 Å². The Balaban J connectivity index is 2.41. The molecule has 2 rings (SSSR count). The summed E-state index contributed by atoms with van der Waals surface area (Å²) in [6.07, 6.45) is -0.444. The van der Waals surface area contributed by atoms with Gasteiger partial charge in [-0.3, -0.25) is 4.79 Å². The first-order valence-electron chi connectivity index (χ1n) is 6.36. The van der Waals surface area contributed by atoms with Gasteiger partial charge in [0.05, 0.1) is 6.54 Å². The van der Waals surface area contributed by atoms with E-state index in [4.69, 9.17) is 4.42 Å². The quantitative estimate of drug-likeness (QED) is 0.391. The van der Waals surface area contributed by atoms with Crippen molar-refractivity contribution in [1.29, 1.82) is 0 Å². The van der Waals surface area contributed by atoms with Crippen LogP contribution < -0.4 is 16.3 Å². The molecule has 1 aromatic heterocycles. The van der Waals surface area contributed by atoms with Crippen LogP contribution in [-0.2, 0) is 11.0 Å². The molecule has 1 aromatic carbocycles. The smallest absolute Gasteiger partial charge is 0.408 e. The highest BCUT2D eigenvalue weighted by molar-refractivity contribution is 7.57. The summed E-state index contributed by atoms with van der Waals surface area (Å²) < 4.78 is 5.04. The van der Waals surface area contributed by atoms with Gasteiger partial charge >= 0.3 is 13.6 Å². The van der Waals surface area contributed by atoms with Crippen molar-refractivity contribution in [3.05, 3.63) is 40.2 Å². The molecule has 1 heterocycles. The van der Waals surface area contributed by atoms with Crippen LogP contribution in [-0.4, -0.2) is 34.2 Å². The number of rotatable bonds is 5. The third-order valence-electron chi connectivity index (χ3n) is 2.83. The third kappa shape index (κ3) is 4.33. The summed E-state index contributed by atoms with van der Waals surface area (Å²) in [7, 11) is -2.43. The van der Waals surface area contributed by atoms with Crippen molar-refractivity contribution in [2.24, 2.45) is 0 Å². The molecule has 5 N–H and O–H groups in total. The molecule has 0 saturated carbocycles. The van der Waals surface area contributed by atoms with Crippen LogP contribution in [0, 0.1) is 0 Å². The fraction of sp³-hybridized carbons (Fsp3) is 0.231. The highest BCUT2D eigenvalue weighted by Crippen LogP contribution is 2.48. The zero-order chi connectivity index (χ0) is 16.3. The van der Waals surface area contributed by atoms with Crippen molar-refractivity contribution in [3.8, 4) is 0 Å². The summed E-state index contributed by atoms with van der Waals surface area (Å²) >= 11 is 0. The fourth-order valence-corrected chi connectivity index (χ4v) is 2.75. The van der Waals surface area contributed by atoms with E-state index < -0.39 is 19.7 Å². The van der Waals surface area contributed by atoms with Gasteiger partial charge in [0.1, 0.15) is 5.58 Å². The van der Waals surface area contributed by atoms with Crippen LogP contribution in [0.1, 0.15) is 5.56 Å². The Morgan fingerprint density at radius 1 is 1.27 bits per heavy atom. The molecular weight excluding hydrogens is 311 g/mol. The molecule has 1 amide bonds. The number of fused-ring (bicyclic) bond motifs is 1. The maximum atomic E-state index is 11.5. The third-order valence-corrected chi connectivity index (χ3v) is 3.60. The summed E-state index contributed by atoms with van der Waals surface area (Å²) in [5, 5.41) is 5.77. The van der Waals surface area contributed by atoms with Crippen LogP contribution >= 0.6 is 7.94 Å². The minimum atomic E-state index is -4.06. The fourth-order valence-electron chi connectivity index (χ4n) is 2.03. The molecule has 0 saturated heterocycles. The number of amides is 1. The Hall–Kier alpha value is -1.83. The number of nitrogens with one attached hydrogen (secondary N) is 2. The maximum Gasteiger partial charge on any atom is 0.408 e. The second-order valence-electron chi connectivity index (χ2n) is 4.73. The molecule has 2 aromatic rings. The first-order valence-corrected chi connectivity index (χ1v) is 8.19. The van der Waals surface area contributed by atoms with Crippen LogP contribution in [0.2, 0.25) is 0 Å². The SMILES string of the molecule is CNCC(=O)Nc1ccc2c(C[P+](O)(O)O)cc(=O)oc2c1. The van der Waals surface area contributed by atoms with E-state index in [9.17, 15) is 24.3 Å². The van der Waals surface area contributed by atoms with Crippen LogP contribution in [0.25, 0.3) is 11.0 Å². The molecule has 8 nitrogen and oxygen atoms in total. The van der Waals surface area contributed by atoms with Gasteiger partial charge in [0.15, 0.2) is 6.16 Å². The molecule has 0 radical (unpaired) electrons. The predicted octanol–water partition coefficient (Wildman–Crippen LogP) is 0.190. The normalized spacial score (nSPS) is 11.6. The molecule has 0 bridgehead atoms. The van der Waals surface area contributed by atoms with Crippen molar-refractivity contribution < 1.29 is 23.9 Å². The number of carbonyl (C=O) groups is 1. The lowest BCUT2D eigenvalue weighted by Crippen LogP contribution is -2.25. The highest BCUT2D eigenvalue weighted by atomic mass is 31.2. The molecule has 0 aliphatic carbocycles. The summed E-state index contributed by atoms with van der Waals surface area (Å²) in [6.45, 7) is 0.133. The zero-order valence-corrected chi connectivity index (χ0v) is 12.6. The molecule has 0 spiro atoms. The van der Waals surface area contributed by atoms with Gasteiger partial charge in [-0.2, -0.15) is 14.7 Å². The van der Waals surface area contributed by atoms with Gasteiger partial charge in [-0.15, -0.1) is 0 Å². The van der Waals surface area contributed by atoms with E-state index in [1.807, 2.05) is 0 Å². The second kappa shape index (κ2) is 6.51. The lowest BCUT2D eigenvalue weighted by Gasteiger charge is -2.09. The van der Waals surface area contributed by atoms with Crippen molar-refractivity contribution in [3.63, 3.8) is 0 Å². The number of hydrogen-bond donors (Lipinski definition) is 5. The molecule has 0 fully saturated rings. The van der Waals surface area contributed by atoms with Crippen molar-refractivity contribution in [2.75, 3.05) is 18.9 Å². The Kier molecular flexibility index (Phi) is 4.90. The number of carbonyl (C=O) groups excluding carboxylic acids is 1. The predicted molar refractivity (Wildman–Crippen MR) is 82.3 cm³/mol. The average Bonchev–Trinajstić information content (AvgIpc) is 2.36. The molecule has 118 valence electrons. The number of anilines is 1. The van der Waals surface area contributed by atoms with Gasteiger partial charge in [0.2, 0.25) is 5.91 Å². The monoisotopic (exact) mass is 327 g/mol. The van der Waals surface area contributed by atoms with Crippen molar-refractivity contribution >= 4 is 30.5 Å². The van der Waals surface area contributed by atoms with E-state index >= 15 is 0 Å². The highest BCUT2D eigenvalue weighted by Gasteiger charge is 2.31. The summed E-state index contributed by atoms with van der Waals surface area (Å²) in [5.41, 5.74) is 0.194. The number of hydrogen-bond acceptors (Lipinski definition) is 7. The molecule has 0 atom stereocenters. The number of likely N-dealkylation sites (N-methyl/N-ethyl adjacent to an activating group) is 1. The molecule has 22 heavy (non-hydrogen) atoms. The van der Waals surface area contributed by atoms with E-state index in [-0.39, 0.29) is 23.6 Å². The van der Waals surface area contributed by atoms with E-state index in [1.165, 1.54) is 6.07 Å². The number of benzene rings is 1. The first kappa shape index (κ1) is 16.5. The standard InChI is InChI=1S/C13H15N2O6P/c1-14-6-12(16)15-9-2-3-10-8(7-22(18,19)20)4-13(17)21-11(10)5-9/h2-5,14,18-20H,6-7H2,1H3/p+1. The van der Waals surface area contributed by atoms with Gasteiger partial charge in [-0.05, 0) is 19.2 Å². The van der Waals surface area contributed by atoms with Crippen LogP contribution in [0.15, 0.2) is 33.5 Å².